The van der Waals surface area contributed by atoms with Crippen LogP contribution in [0, 0.1) is 10.8 Å². The van der Waals surface area contributed by atoms with Crippen molar-refractivity contribution in [2.75, 3.05) is 13.1 Å². The SMILES string of the molecule is CCC1(CNCCCCC(C)(C)C(N)=NO)CCC1. The lowest BCUT2D eigenvalue weighted by Crippen LogP contribution is -2.39. The third-order valence-electron chi connectivity index (χ3n) is 4.87. The smallest absolute Gasteiger partial charge is 0.144 e. The van der Waals surface area contributed by atoms with Gasteiger partial charge in [-0.3, -0.25) is 0 Å². The molecule has 0 radical (unpaired) electrons. The van der Waals surface area contributed by atoms with Crippen LogP contribution in [0.15, 0.2) is 5.16 Å². The van der Waals surface area contributed by atoms with Crippen LogP contribution in [0.4, 0.5) is 0 Å². The van der Waals surface area contributed by atoms with Crippen molar-refractivity contribution < 1.29 is 5.21 Å². The predicted octanol–water partition coefficient (Wildman–Crippen LogP) is 3.10. The molecule has 1 fully saturated rings. The fourth-order valence-corrected chi connectivity index (χ4v) is 2.77. The van der Waals surface area contributed by atoms with Crippen LogP contribution >= 0.6 is 0 Å². The summed E-state index contributed by atoms with van der Waals surface area (Å²) in [6, 6.07) is 0. The van der Waals surface area contributed by atoms with Crippen molar-refractivity contribution in [2.45, 2.75) is 65.7 Å². The summed E-state index contributed by atoms with van der Waals surface area (Å²) < 4.78 is 0. The minimum atomic E-state index is -0.201. The lowest BCUT2D eigenvalue weighted by Gasteiger charge is -2.41. The van der Waals surface area contributed by atoms with Crippen LogP contribution in [0.25, 0.3) is 0 Å². The van der Waals surface area contributed by atoms with Crippen molar-refractivity contribution in [1.29, 1.82) is 0 Å². The summed E-state index contributed by atoms with van der Waals surface area (Å²) in [5.74, 6) is 0.333. The maximum Gasteiger partial charge on any atom is 0.144 e. The van der Waals surface area contributed by atoms with Gasteiger partial charge in [0, 0.05) is 12.0 Å². The Labute approximate surface area is 117 Å². The molecule has 0 atom stereocenters. The topological polar surface area (TPSA) is 70.6 Å². The molecule has 4 heteroatoms. The quantitative estimate of drug-likeness (QED) is 0.198. The van der Waals surface area contributed by atoms with Crippen LogP contribution in [0.2, 0.25) is 0 Å². The van der Waals surface area contributed by atoms with E-state index in [-0.39, 0.29) is 5.41 Å². The summed E-state index contributed by atoms with van der Waals surface area (Å²) in [6.07, 6.45) is 8.72. The zero-order valence-electron chi connectivity index (χ0n) is 12.8. The Hall–Kier alpha value is -0.770. The van der Waals surface area contributed by atoms with E-state index in [1.165, 1.54) is 32.2 Å². The van der Waals surface area contributed by atoms with Gasteiger partial charge in [0.25, 0.3) is 0 Å². The zero-order chi connectivity index (χ0) is 14.4. The molecule has 0 bridgehead atoms. The van der Waals surface area contributed by atoms with E-state index >= 15 is 0 Å². The average molecular weight is 269 g/mol. The summed E-state index contributed by atoms with van der Waals surface area (Å²) in [5, 5.41) is 15.4. The number of oxime groups is 1. The van der Waals surface area contributed by atoms with Crippen LogP contribution in [0.5, 0.6) is 0 Å². The number of nitrogens with two attached hydrogens (primary N) is 1. The van der Waals surface area contributed by atoms with Gasteiger partial charge < -0.3 is 16.3 Å². The Morgan fingerprint density at radius 3 is 2.53 bits per heavy atom. The Kier molecular flexibility index (Phi) is 6.11. The molecule has 1 aliphatic carbocycles. The highest BCUT2D eigenvalue weighted by Crippen LogP contribution is 2.42. The molecule has 0 aromatic heterocycles. The van der Waals surface area contributed by atoms with Crippen LogP contribution in [-0.4, -0.2) is 24.1 Å². The highest BCUT2D eigenvalue weighted by atomic mass is 16.4. The molecule has 4 N–H and O–H groups in total. The molecule has 1 aliphatic rings. The van der Waals surface area contributed by atoms with E-state index in [2.05, 4.69) is 17.4 Å². The van der Waals surface area contributed by atoms with Crippen molar-refractivity contribution >= 4 is 5.84 Å². The van der Waals surface area contributed by atoms with E-state index in [4.69, 9.17) is 10.9 Å². The van der Waals surface area contributed by atoms with Crippen LogP contribution < -0.4 is 11.1 Å². The van der Waals surface area contributed by atoms with E-state index in [0.29, 0.717) is 11.3 Å². The molecule has 19 heavy (non-hydrogen) atoms. The average Bonchev–Trinajstić information content (AvgIpc) is 2.35. The van der Waals surface area contributed by atoms with E-state index in [9.17, 15) is 0 Å². The van der Waals surface area contributed by atoms with Crippen LogP contribution in [-0.2, 0) is 0 Å². The van der Waals surface area contributed by atoms with Gasteiger partial charge in [-0.15, -0.1) is 0 Å². The van der Waals surface area contributed by atoms with E-state index < -0.39 is 0 Å². The van der Waals surface area contributed by atoms with E-state index in [1.54, 1.807) is 0 Å². The van der Waals surface area contributed by atoms with Gasteiger partial charge in [0.15, 0.2) is 0 Å². The first-order chi connectivity index (χ1) is 8.96. The lowest BCUT2D eigenvalue weighted by atomic mass is 9.67. The van der Waals surface area contributed by atoms with Gasteiger partial charge in [-0.2, -0.15) is 0 Å². The summed E-state index contributed by atoms with van der Waals surface area (Å²) >= 11 is 0. The highest BCUT2D eigenvalue weighted by Gasteiger charge is 2.34. The summed E-state index contributed by atoms with van der Waals surface area (Å²) in [7, 11) is 0. The largest absolute Gasteiger partial charge is 0.409 e. The standard InChI is InChI=1S/C15H31N3O/c1-4-15(9-7-10-15)12-17-11-6-5-8-14(2,3)13(16)18-19/h17,19H,4-12H2,1-3H3,(H2,16,18). The summed E-state index contributed by atoms with van der Waals surface area (Å²) in [5.41, 5.74) is 6.08. The van der Waals surface area contributed by atoms with Gasteiger partial charge in [-0.25, -0.2) is 0 Å². The number of rotatable bonds is 9. The molecule has 0 saturated heterocycles. The Morgan fingerprint density at radius 1 is 1.37 bits per heavy atom. The normalized spacial score (nSPS) is 19.2. The molecule has 0 amide bonds. The van der Waals surface area contributed by atoms with Crippen molar-refractivity contribution in [2.24, 2.45) is 21.7 Å². The van der Waals surface area contributed by atoms with Gasteiger partial charge in [-0.05, 0) is 44.1 Å². The molecule has 0 aromatic carbocycles. The zero-order valence-corrected chi connectivity index (χ0v) is 12.8. The molecule has 0 heterocycles. The number of nitrogens with zero attached hydrogens (tertiary/aromatic N) is 1. The first-order valence-electron chi connectivity index (χ1n) is 7.64. The number of nitrogens with one attached hydrogen (secondary N) is 1. The Balaban J connectivity index is 2.08. The number of hydrogen-bond donors (Lipinski definition) is 3. The molecule has 4 nitrogen and oxygen atoms in total. The molecule has 0 aromatic rings. The minimum Gasteiger partial charge on any atom is -0.409 e. The molecule has 112 valence electrons. The molecule has 1 rings (SSSR count). The van der Waals surface area contributed by atoms with Gasteiger partial charge >= 0.3 is 0 Å². The Morgan fingerprint density at radius 2 is 2.05 bits per heavy atom. The minimum absolute atomic E-state index is 0.201. The number of amidine groups is 1. The first kappa shape index (κ1) is 16.3. The second-order valence-electron chi connectivity index (χ2n) is 6.71. The molecule has 0 unspecified atom stereocenters. The highest BCUT2D eigenvalue weighted by molar-refractivity contribution is 5.85. The van der Waals surface area contributed by atoms with Gasteiger partial charge in [-0.1, -0.05) is 38.8 Å². The molecule has 1 saturated carbocycles. The van der Waals surface area contributed by atoms with E-state index in [0.717, 1.165) is 25.8 Å². The predicted molar refractivity (Wildman–Crippen MR) is 80.5 cm³/mol. The maximum atomic E-state index is 8.71. The third kappa shape index (κ3) is 4.68. The monoisotopic (exact) mass is 269 g/mol. The van der Waals surface area contributed by atoms with Crippen molar-refractivity contribution in [3.63, 3.8) is 0 Å². The molecular formula is C15H31N3O. The summed E-state index contributed by atoms with van der Waals surface area (Å²) in [6.45, 7) is 8.60. The van der Waals surface area contributed by atoms with Gasteiger partial charge in [0.05, 0.1) is 0 Å². The van der Waals surface area contributed by atoms with Crippen molar-refractivity contribution in [3.8, 4) is 0 Å². The fraction of sp³-hybridized carbons (Fsp3) is 0.933. The second kappa shape index (κ2) is 7.13. The number of hydrogen-bond acceptors (Lipinski definition) is 3. The fourth-order valence-electron chi connectivity index (χ4n) is 2.77. The van der Waals surface area contributed by atoms with Crippen molar-refractivity contribution in [3.05, 3.63) is 0 Å². The Bertz CT molecular complexity index is 290. The molecular weight excluding hydrogens is 238 g/mol. The lowest BCUT2D eigenvalue weighted by molar-refractivity contribution is 0.124. The van der Waals surface area contributed by atoms with Gasteiger partial charge in [0.2, 0.25) is 0 Å². The summed E-state index contributed by atoms with van der Waals surface area (Å²) in [4.78, 5) is 0. The molecule has 0 aliphatic heterocycles. The maximum absolute atomic E-state index is 8.71. The van der Waals surface area contributed by atoms with Gasteiger partial charge in [0.1, 0.15) is 5.84 Å². The second-order valence-corrected chi connectivity index (χ2v) is 6.71. The van der Waals surface area contributed by atoms with Crippen LogP contribution in [0.3, 0.4) is 0 Å². The van der Waals surface area contributed by atoms with E-state index in [1.807, 2.05) is 13.8 Å². The van der Waals surface area contributed by atoms with Crippen molar-refractivity contribution in [1.82, 2.24) is 5.32 Å². The third-order valence-corrected chi connectivity index (χ3v) is 4.87. The first-order valence-corrected chi connectivity index (χ1v) is 7.64. The van der Waals surface area contributed by atoms with Crippen LogP contribution in [0.1, 0.15) is 65.7 Å². The number of unbranched alkanes of at least 4 members (excludes halogenated alkanes) is 1. The molecule has 0 spiro atoms.